The fourth-order valence-electron chi connectivity index (χ4n) is 1.64. The van der Waals surface area contributed by atoms with Crippen molar-refractivity contribution in [3.05, 3.63) is 47.1 Å². The average molecular weight is 306 g/mol. The van der Waals surface area contributed by atoms with Gasteiger partial charge in [-0.25, -0.2) is 0 Å². The summed E-state index contributed by atoms with van der Waals surface area (Å²) in [5.74, 6) is 0.523. The van der Waals surface area contributed by atoms with Gasteiger partial charge in [0.1, 0.15) is 0 Å². The number of anilines is 2. The summed E-state index contributed by atoms with van der Waals surface area (Å²) >= 11 is 5.64. The molecule has 1 aromatic heterocycles. The first-order valence-electron chi connectivity index (χ1n) is 6.39. The quantitative estimate of drug-likeness (QED) is 0.631. The number of nitrogens with one attached hydrogen (secondary N) is 1. The molecule has 2 N–H and O–H groups in total. The number of hydrazone groups is 1. The number of rotatable bonds is 6. The van der Waals surface area contributed by atoms with Crippen LogP contribution in [0, 0.1) is 0 Å². The minimum absolute atomic E-state index is 0.131. The van der Waals surface area contributed by atoms with Crippen LogP contribution in [0.2, 0.25) is 5.15 Å². The maximum Gasteiger partial charge on any atom is 0.168 e. The van der Waals surface area contributed by atoms with Crippen LogP contribution in [-0.2, 0) is 0 Å². The standard InChI is InChI=1S/C14H16ClN5O/c1-20(8-9-21)12-4-2-11(3-5-12)10-16-18-14-7-6-13(15)17-19-14/h2-7,10,21H,8-9H2,1H3,(H,18,19)/b16-10+. The highest BCUT2D eigenvalue weighted by atomic mass is 35.5. The molecule has 1 aromatic carbocycles. The number of halogens is 1. The average Bonchev–Trinajstić information content (AvgIpc) is 2.50. The van der Waals surface area contributed by atoms with Crippen molar-refractivity contribution in [1.29, 1.82) is 0 Å². The molecule has 0 radical (unpaired) electrons. The summed E-state index contributed by atoms with van der Waals surface area (Å²) in [4.78, 5) is 1.97. The lowest BCUT2D eigenvalue weighted by molar-refractivity contribution is 0.304. The molecule has 2 rings (SSSR count). The molecular formula is C14H16ClN5O. The van der Waals surface area contributed by atoms with E-state index >= 15 is 0 Å². The highest BCUT2D eigenvalue weighted by Gasteiger charge is 1.99. The van der Waals surface area contributed by atoms with Crippen molar-refractivity contribution in [1.82, 2.24) is 10.2 Å². The van der Waals surface area contributed by atoms with Gasteiger partial charge in [-0.3, -0.25) is 5.43 Å². The largest absolute Gasteiger partial charge is 0.395 e. The Bertz CT molecular complexity index is 585. The van der Waals surface area contributed by atoms with E-state index in [1.165, 1.54) is 0 Å². The summed E-state index contributed by atoms with van der Waals surface area (Å²) < 4.78 is 0. The Hall–Kier alpha value is -2.18. The predicted molar refractivity (Wildman–Crippen MR) is 85.1 cm³/mol. The SMILES string of the molecule is CN(CCO)c1ccc(/C=N/Nc2ccc(Cl)nn2)cc1. The Morgan fingerprint density at radius 3 is 2.62 bits per heavy atom. The fourth-order valence-corrected chi connectivity index (χ4v) is 1.74. The minimum atomic E-state index is 0.131. The molecule has 0 spiro atoms. The lowest BCUT2D eigenvalue weighted by Crippen LogP contribution is -2.20. The zero-order chi connectivity index (χ0) is 15.1. The van der Waals surface area contributed by atoms with Crippen molar-refractivity contribution in [3.63, 3.8) is 0 Å². The zero-order valence-corrected chi connectivity index (χ0v) is 12.3. The first kappa shape index (κ1) is 15.2. The second-order valence-electron chi connectivity index (χ2n) is 4.35. The Kier molecular flexibility index (Phi) is 5.48. The fraction of sp³-hybridized carbons (Fsp3) is 0.214. The Labute approximate surface area is 128 Å². The summed E-state index contributed by atoms with van der Waals surface area (Å²) in [7, 11) is 1.93. The summed E-state index contributed by atoms with van der Waals surface area (Å²) in [5, 5.41) is 20.9. The minimum Gasteiger partial charge on any atom is -0.395 e. The van der Waals surface area contributed by atoms with Gasteiger partial charge in [0.05, 0.1) is 12.8 Å². The lowest BCUT2D eigenvalue weighted by atomic mass is 10.2. The number of aliphatic hydroxyl groups is 1. The van der Waals surface area contributed by atoms with Crippen molar-refractivity contribution in [3.8, 4) is 0 Å². The number of aliphatic hydroxyl groups excluding tert-OH is 1. The van der Waals surface area contributed by atoms with Gasteiger partial charge in [0.2, 0.25) is 0 Å². The molecule has 6 nitrogen and oxygen atoms in total. The van der Waals surface area contributed by atoms with Crippen molar-refractivity contribution in [2.24, 2.45) is 5.10 Å². The molecule has 0 amide bonds. The molecule has 7 heteroatoms. The predicted octanol–water partition coefficient (Wildman–Crippen LogP) is 2.00. The molecule has 0 aliphatic heterocycles. The van der Waals surface area contributed by atoms with Crippen LogP contribution in [0.1, 0.15) is 5.56 Å². The van der Waals surface area contributed by atoms with Gasteiger partial charge in [0.25, 0.3) is 0 Å². The van der Waals surface area contributed by atoms with Crippen molar-refractivity contribution < 1.29 is 5.11 Å². The van der Waals surface area contributed by atoms with Crippen LogP contribution in [0.3, 0.4) is 0 Å². The molecule has 21 heavy (non-hydrogen) atoms. The molecule has 0 saturated heterocycles. The van der Waals surface area contributed by atoms with Crippen LogP contribution >= 0.6 is 11.6 Å². The zero-order valence-electron chi connectivity index (χ0n) is 11.6. The highest BCUT2D eigenvalue weighted by Crippen LogP contribution is 2.12. The van der Waals surface area contributed by atoms with E-state index < -0.39 is 0 Å². The first-order chi connectivity index (χ1) is 10.2. The van der Waals surface area contributed by atoms with E-state index in [9.17, 15) is 0 Å². The van der Waals surface area contributed by atoms with E-state index in [1.807, 2.05) is 36.2 Å². The van der Waals surface area contributed by atoms with Gasteiger partial charge < -0.3 is 10.0 Å². The van der Waals surface area contributed by atoms with Crippen LogP contribution in [-0.4, -0.2) is 41.7 Å². The number of benzene rings is 1. The van der Waals surface area contributed by atoms with Gasteiger partial charge in [0.15, 0.2) is 11.0 Å². The molecule has 0 unspecified atom stereocenters. The first-order valence-corrected chi connectivity index (χ1v) is 6.77. The van der Waals surface area contributed by atoms with Crippen molar-refractivity contribution >= 4 is 29.3 Å². The Morgan fingerprint density at radius 2 is 2.00 bits per heavy atom. The Balaban J connectivity index is 1.93. The third-order valence-corrected chi connectivity index (χ3v) is 3.00. The lowest BCUT2D eigenvalue weighted by Gasteiger charge is -2.17. The molecule has 2 aromatic rings. The number of hydrogen-bond acceptors (Lipinski definition) is 6. The number of hydrogen-bond donors (Lipinski definition) is 2. The second-order valence-corrected chi connectivity index (χ2v) is 4.74. The number of nitrogens with zero attached hydrogens (tertiary/aromatic N) is 4. The van der Waals surface area contributed by atoms with Gasteiger partial charge in [-0.2, -0.15) is 5.10 Å². The van der Waals surface area contributed by atoms with E-state index in [-0.39, 0.29) is 6.61 Å². The Morgan fingerprint density at radius 1 is 1.24 bits per heavy atom. The van der Waals surface area contributed by atoms with Crippen LogP contribution in [0.4, 0.5) is 11.5 Å². The summed E-state index contributed by atoms with van der Waals surface area (Å²) in [6.45, 7) is 0.732. The van der Waals surface area contributed by atoms with E-state index in [0.29, 0.717) is 17.5 Å². The summed E-state index contributed by atoms with van der Waals surface area (Å²) in [6, 6.07) is 11.2. The van der Waals surface area contributed by atoms with Gasteiger partial charge in [-0.1, -0.05) is 23.7 Å². The second kappa shape index (κ2) is 7.56. The topological polar surface area (TPSA) is 73.6 Å². The van der Waals surface area contributed by atoms with E-state index in [0.717, 1.165) is 11.3 Å². The third kappa shape index (κ3) is 4.70. The van der Waals surface area contributed by atoms with Crippen molar-refractivity contribution in [2.45, 2.75) is 0 Å². The van der Waals surface area contributed by atoms with Crippen LogP contribution in [0.25, 0.3) is 0 Å². The summed E-state index contributed by atoms with van der Waals surface area (Å²) in [5.41, 5.74) is 4.76. The van der Waals surface area contributed by atoms with E-state index in [1.54, 1.807) is 18.3 Å². The number of aromatic nitrogens is 2. The number of likely N-dealkylation sites (N-methyl/N-ethyl adjacent to an activating group) is 1. The van der Waals surface area contributed by atoms with Gasteiger partial charge in [-0.05, 0) is 29.8 Å². The third-order valence-electron chi connectivity index (χ3n) is 2.79. The van der Waals surface area contributed by atoms with Gasteiger partial charge in [-0.15, -0.1) is 10.2 Å². The van der Waals surface area contributed by atoms with Gasteiger partial charge >= 0.3 is 0 Å². The monoisotopic (exact) mass is 305 g/mol. The normalized spacial score (nSPS) is 10.8. The molecule has 1 heterocycles. The van der Waals surface area contributed by atoms with Crippen LogP contribution in [0.15, 0.2) is 41.5 Å². The maximum atomic E-state index is 8.90. The van der Waals surface area contributed by atoms with Gasteiger partial charge in [0, 0.05) is 19.3 Å². The highest BCUT2D eigenvalue weighted by molar-refractivity contribution is 6.29. The summed E-state index contributed by atoms with van der Waals surface area (Å²) in [6.07, 6.45) is 1.69. The van der Waals surface area contributed by atoms with Crippen molar-refractivity contribution in [2.75, 3.05) is 30.5 Å². The smallest absolute Gasteiger partial charge is 0.168 e. The molecule has 0 saturated carbocycles. The molecule has 0 bridgehead atoms. The van der Waals surface area contributed by atoms with E-state index in [4.69, 9.17) is 16.7 Å². The van der Waals surface area contributed by atoms with E-state index in [2.05, 4.69) is 20.7 Å². The van der Waals surface area contributed by atoms with Crippen LogP contribution < -0.4 is 10.3 Å². The molecule has 110 valence electrons. The molecule has 0 fully saturated rings. The maximum absolute atomic E-state index is 8.90. The molecule has 0 aliphatic rings. The molecule has 0 atom stereocenters. The van der Waals surface area contributed by atoms with Crippen LogP contribution in [0.5, 0.6) is 0 Å². The molecule has 0 aliphatic carbocycles. The molecular weight excluding hydrogens is 290 g/mol.